The molecule has 5 heteroatoms. The molecule has 0 atom stereocenters. The Morgan fingerprint density at radius 1 is 1.47 bits per heavy atom. The zero-order chi connectivity index (χ0) is 12.1. The van der Waals surface area contributed by atoms with E-state index in [1.807, 2.05) is 29.2 Å². The molecule has 2 rings (SSSR count). The fourth-order valence-corrected chi connectivity index (χ4v) is 1.83. The van der Waals surface area contributed by atoms with E-state index in [1.54, 1.807) is 6.20 Å². The van der Waals surface area contributed by atoms with Gasteiger partial charge in [-0.1, -0.05) is 6.92 Å². The molecule has 0 aromatic carbocycles. The largest absolute Gasteiger partial charge is 0.311 e. The second-order valence-electron chi connectivity index (χ2n) is 3.79. The van der Waals surface area contributed by atoms with Crippen LogP contribution in [0.2, 0.25) is 0 Å². The van der Waals surface area contributed by atoms with E-state index in [-0.39, 0.29) is 0 Å². The Balaban J connectivity index is 2.11. The standard InChI is InChI=1S/C12H15BrN4/c1-2-4-14-8-11-6-12(3-5-15-11)17-9-10(13)7-16-17/h3,5-7,9,14H,2,4,8H2,1H3. The summed E-state index contributed by atoms with van der Waals surface area (Å²) >= 11 is 3.39. The molecule has 2 aromatic heterocycles. The van der Waals surface area contributed by atoms with Crippen LogP contribution in [0.5, 0.6) is 0 Å². The van der Waals surface area contributed by atoms with Crippen LogP contribution < -0.4 is 5.32 Å². The average Bonchev–Trinajstić information content (AvgIpc) is 2.77. The van der Waals surface area contributed by atoms with Gasteiger partial charge in [-0.05, 0) is 41.0 Å². The Hall–Kier alpha value is -1.20. The van der Waals surface area contributed by atoms with Gasteiger partial charge < -0.3 is 5.32 Å². The molecule has 0 unspecified atom stereocenters. The molecular formula is C12H15BrN4. The quantitative estimate of drug-likeness (QED) is 0.862. The van der Waals surface area contributed by atoms with Crippen molar-refractivity contribution in [2.45, 2.75) is 19.9 Å². The van der Waals surface area contributed by atoms with Crippen LogP contribution in [0.1, 0.15) is 19.0 Å². The molecule has 0 aliphatic carbocycles. The minimum atomic E-state index is 0.796. The van der Waals surface area contributed by atoms with Crippen molar-refractivity contribution < 1.29 is 0 Å². The van der Waals surface area contributed by atoms with Gasteiger partial charge >= 0.3 is 0 Å². The van der Waals surface area contributed by atoms with Crippen LogP contribution in [0.25, 0.3) is 5.69 Å². The first-order valence-electron chi connectivity index (χ1n) is 5.66. The Labute approximate surface area is 109 Å². The van der Waals surface area contributed by atoms with E-state index in [4.69, 9.17) is 0 Å². The number of rotatable bonds is 5. The lowest BCUT2D eigenvalue weighted by atomic mass is 10.3. The summed E-state index contributed by atoms with van der Waals surface area (Å²) < 4.78 is 2.80. The lowest BCUT2D eigenvalue weighted by molar-refractivity contribution is 0.663. The zero-order valence-electron chi connectivity index (χ0n) is 9.73. The number of hydrogen-bond donors (Lipinski definition) is 1. The van der Waals surface area contributed by atoms with Crippen LogP contribution in [0.4, 0.5) is 0 Å². The van der Waals surface area contributed by atoms with Gasteiger partial charge in [0.2, 0.25) is 0 Å². The predicted octanol–water partition coefficient (Wildman–Crippen LogP) is 2.53. The van der Waals surface area contributed by atoms with Crippen LogP contribution >= 0.6 is 15.9 Å². The van der Waals surface area contributed by atoms with E-state index < -0.39 is 0 Å². The predicted molar refractivity (Wildman–Crippen MR) is 71.1 cm³/mol. The molecule has 0 saturated carbocycles. The van der Waals surface area contributed by atoms with Gasteiger partial charge in [-0.3, -0.25) is 4.98 Å². The molecule has 17 heavy (non-hydrogen) atoms. The van der Waals surface area contributed by atoms with Crippen molar-refractivity contribution in [3.63, 3.8) is 0 Å². The molecular weight excluding hydrogens is 280 g/mol. The molecule has 2 aromatic rings. The normalized spacial score (nSPS) is 10.7. The van der Waals surface area contributed by atoms with E-state index >= 15 is 0 Å². The third kappa shape index (κ3) is 3.38. The van der Waals surface area contributed by atoms with Gasteiger partial charge in [-0.2, -0.15) is 5.10 Å². The van der Waals surface area contributed by atoms with Gasteiger partial charge in [-0.15, -0.1) is 0 Å². The Morgan fingerprint density at radius 2 is 2.35 bits per heavy atom. The number of halogens is 1. The Bertz CT molecular complexity index is 481. The van der Waals surface area contributed by atoms with Crippen molar-refractivity contribution in [1.29, 1.82) is 0 Å². The first kappa shape index (κ1) is 12.3. The topological polar surface area (TPSA) is 42.7 Å². The van der Waals surface area contributed by atoms with E-state index in [2.05, 4.69) is 38.3 Å². The summed E-state index contributed by atoms with van der Waals surface area (Å²) in [4.78, 5) is 4.33. The second kappa shape index (κ2) is 5.93. The van der Waals surface area contributed by atoms with Crippen molar-refractivity contribution in [1.82, 2.24) is 20.1 Å². The zero-order valence-corrected chi connectivity index (χ0v) is 11.3. The van der Waals surface area contributed by atoms with Gasteiger partial charge in [0.25, 0.3) is 0 Å². The molecule has 4 nitrogen and oxygen atoms in total. The molecule has 0 saturated heterocycles. The number of pyridine rings is 1. The second-order valence-corrected chi connectivity index (χ2v) is 4.70. The summed E-state index contributed by atoms with van der Waals surface area (Å²) in [5.41, 5.74) is 2.06. The summed E-state index contributed by atoms with van der Waals surface area (Å²) in [6.07, 6.45) is 6.65. The summed E-state index contributed by atoms with van der Waals surface area (Å²) in [7, 11) is 0. The highest BCUT2D eigenvalue weighted by molar-refractivity contribution is 9.10. The first-order valence-corrected chi connectivity index (χ1v) is 6.45. The van der Waals surface area contributed by atoms with Gasteiger partial charge in [0, 0.05) is 18.9 Å². The third-order valence-electron chi connectivity index (χ3n) is 2.35. The maximum Gasteiger partial charge on any atom is 0.0679 e. The summed E-state index contributed by atoms with van der Waals surface area (Å²) in [6.45, 7) is 3.96. The summed E-state index contributed by atoms with van der Waals surface area (Å²) in [5.74, 6) is 0. The molecule has 0 aliphatic heterocycles. The summed E-state index contributed by atoms with van der Waals surface area (Å²) in [5, 5.41) is 7.58. The van der Waals surface area contributed by atoms with Crippen LogP contribution in [0, 0.1) is 0 Å². The van der Waals surface area contributed by atoms with Gasteiger partial charge in [0.05, 0.1) is 22.1 Å². The lowest BCUT2D eigenvalue weighted by Gasteiger charge is -2.05. The molecule has 0 bridgehead atoms. The monoisotopic (exact) mass is 294 g/mol. The highest BCUT2D eigenvalue weighted by Crippen LogP contribution is 2.12. The van der Waals surface area contributed by atoms with E-state index in [9.17, 15) is 0 Å². The molecule has 0 radical (unpaired) electrons. The van der Waals surface area contributed by atoms with Crippen molar-refractivity contribution in [2.24, 2.45) is 0 Å². The minimum Gasteiger partial charge on any atom is -0.311 e. The molecule has 90 valence electrons. The molecule has 0 spiro atoms. The molecule has 1 N–H and O–H groups in total. The van der Waals surface area contributed by atoms with Crippen LogP contribution in [0.3, 0.4) is 0 Å². The van der Waals surface area contributed by atoms with Crippen LogP contribution in [-0.2, 0) is 6.54 Å². The summed E-state index contributed by atoms with van der Waals surface area (Å²) in [6, 6.07) is 3.99. The molecule has 2 heterocycles. The van der Waals surface area contributed by atoms with Crippen molar-refractivity contribution in [3.8, 4) is 5.69 Å². The Morgan fingerprint density at radius 3 is 3.06 bits per heavy atom. The maximum absolute atomic E-state index is 4.33. The number of nitrogens with one attached hydrogen (secondary N) is 1. The average molecular weight is 295 g/mol. The number of hydrogen-bond acceptors (Lipinski definition) is 3. The maximum atomic E-state index is 4.33. The first-order chi connectivity index (χ1) is 8.29. The third-order valence-corrected chi connectivity index (χ3v) is 2.76. The van der Waals surface area contributed by atoms with Crippen LogP contribution in [0.15, 0.2) is 35.2 Å². The van der Waals surface area contributed by atoms with E-state index in [1.165, 1.54) is 0 Å². The highest BCUT2D eigenvalue weighted by Gasteiger charge is 2.01. The number of aromatic nitrogens is 3. The van der Waals surface area contributed by atoms with E-state index in [0.717, 1.165) is 35.4 Å². The fraction of sp³-hybridized carbons (Fsp3) is 0.333. The minimum absolute atomic E-state index is 0.796. The van der Waals surface area contributed by atoms with Gasteiger partial charge in [-0.25, -0.2) is 4.68 Å². The lowest BCUT2D eigenvalue weighted by Crippen LogP contribution is -2.15. The van der Waals surface area contributed by atoms with Crippen LogP contribution in [-0.4, -0.2) is 21.3 Å². The molecule has 0 amide bonds. The highest BCUT2D eigenvalue weighted by atomic mass is 79.9. The van der Waals surface area contributed by atoms with Gasteiger partial charge in [0.1, 0.15) is 0 Å². The molecule has 0 aliphatic rings. The number of nitrogens with zero attached hydrogens (tertiary/aromatic N) is 3. The fourth-order valence-electron chi connectivity index (χ4n) is 1.54. The molecule has 0 fully saturated rings. The van der Waals surface area contributed by atoms with Crippen molar-refractivity contribution >= 4 is 15.9 Å². The van der Waals surface area contributed by atoms with Crippen molar-refractivity contribution in [3.05, 3.63) is 40.9 Å². The van der Waals surface area contributed by atoms with Gasteiger partial charge in [0.15, 0.2) is 0 Å². The smallest absolute Gasteiger partial charge is 0.0679 e. The SMILES string of the molecule is CCCNCc1cc(-n2cc(Br)cn2)ccn1. The Kier molecular flexibility index (Phi) is 4.28. The van der Waals surface area contributed by atoms with Crippen molar-refractivity contribution in [2.75, 3.05) is 6.54 Å². The van der Waals surface area contributed by atoms with E-state index in [0.29, 0.717) is 0 Å².